The zero-order chi connectivity index (χ0) is 16.9. The molecule has 5 heteroatoms. The molecule has 0 fully saturated rings. The number of benzene rings is 2. The van der Waals surface area contributed by atoms with Gasteiger partial charge in [0.1, 0.15) is 29.8 Å². The number of hydrazone groups is 1. The minimum Gasteiger partial charge on any atom is -0.489 e. The number of Topliss-reactive ketones (excluding diaryl/α,β-unsaturated/α-hetero) is 1. The van der Waals surface area contributed by atoms with E-state index < -0.39 is 5.41 Å². The van der Waals surface area contributed by atoms with Crippen molar-refractivity contribution in [2.75, 3.05) is 11.6 Å². The maximum absolute atomic E-state index is 12.3. The lowest BCUT2D eigenvalue weighted by Crippen LogP contribution is -2.51. The number of carbonyl (C=O) groups is 1. The maximum atomic E-state index is 12.3. The summed E-state index contributed by atoms with van der Waals surface area (Å²) < 4.78 is 5.95. The molecule has 0 bridgehead atoms. The maximum Gasteiger partial charge on any atom is 0.176 e. The Morgan fingerprint density at radius 1 is 1.29 bits per heavy atom. The van der Waals surface area contributed by atoms with Gasteiger partial charge in [0, 0.05) is 11.9 Å². The highest BCUT2D eigenvalue weighted by molar-refractivity contribution is 6.43. The lowest BCUT2D eigenvalue weighted by atomic mass is 9.71. The van der Waals surface area contributed by atoms with Crippen LogP contribution in [0.1, 0.15) is 19.4 Å². The summed E-state index contributed by atoms with van der Waals surface area (Å²) in [6.45, 7) is 4.09. The van der Waals surface area contributed by atoms with Crippen molar-refractivity contribution in [1.82, 2.24) is 0 Å². The van der Waals surface area contributed by atoms with Crippen molar-refractivity contribution < 1.29 is 9.53 Å². The fraction of sp³-hybridized carbons (Fsp3) is 0.263. The van der Waals surface area contributed by atoms with Crippen LogP contribution in [-0.2, 0) is 10.2 Å². The van der Waals surface area contributed by atoms with E-state index in [4.69, 9.17) is 16.3 Å². The second kappa shape index (κ2) is 5.35. The summed E-state index contributed by atoms with van der Waals surface area (Å²) in [5.41, 5.74) is 1.88. The molecule has 4 rings (SSSR count). The zero-order valence-corrected chi connectivity index (χ0v) is 14.2. The standard InChI is InChI=1S/C19H17ClN2O2/c1-12(23)18-19(2,13-6-4-3-5-7-13)17-11-24-16-9-8-14(20)10-15(16)22(17)21-18/h3-10,17H,11H2,1-2H3/t17-,19+/m0/s1. The molecule has 2 heterocycles. The average Bonchev–Trinajstić information content (AvgIpc) is 2.90. The molecular formula is C19H17ClN2O2. The van der Waals surface area contributed by atoms with Crippen molar-refractivity contribution in [1.29, 1.82) is 0 Å². The molecule has 0 unspecified atom stereocenters. The second-order valence-corrected chi connectivity index (χ2v) is 6.79. The minimum atomic E-state index is -0.535. The van der Waals surface area contributed by atoms with Crippen LogP contribution >= 0.6 is 11.6 Å². The first-order valence-corrected chi connectivity index (χ1v) is 8.26. The Balaban J connectivity index is 1.90. The fourth-order valence-corrected chi connectivity index (χ4v) is 3.82. The summed E-state index contributed by atoms with van der Waals surface area (Å²) >= 11 is 6.16. The van der Waals surface area contributed by atoms with Gasteiger partial charge in [0.05, 0.1) is 5.41 Å². The molecule has 0 N–H and O–H groups in total. The monoisotopic (exact) mass is 340 g/mol. The number of ketones is 1. The van der Waals surface area contributed by atoms with Crippen LogP contribution in [0.3, 0.4) is 0 Å². The van der Waals surface area contributed by atoms with Gasteiger partial charge in [0.15, 0.2) is 5.78 Å². The van der Waals surface area contributed by atoms with Crippen LogP contribution in [0, 0.1) is 0 Å². The second-order valence-electron chi connectivity index (χ2n) is 6.36. The molecule has 2 aliphatic rings. The van der Waals surface area contributed by atoms with E-state index in [2.05, 4.69) is 12.0 Å². The number of nitrogens with zero attached hydrogens (tertiary/aromatic N) is 2. The number of hydrogen-bond acceptors (Lipinski definition) is 4. The van der Waals surface area contributed by atoms with Crippen LogP contribution in [0.2, 0.25) is 5.02 Å². The summed E-state index contributed by atoms with van der Waals surface area (Å²) in [4.78, 5) is 12.3. The quantitative estimate of drug-likeness (QED) is 0.834. The number of fused-ring (bicyclic) bond motifs is 3. The molecule has 0 saturated carbocycles. The predicted molar refractivity (Wildman–Crippen MR) is 95.1 cm³/mol. The highest BCUT2D eigenvalue weighted by Gasteiger charge is 2.53. The smallest absolute Gasteiger partial charge is 0.176 e. The minimum absolute atomic E-state index is 0.0284. The highest BCUT2D eigenvalue weighted by atomic mass is 35.5. The van der Waals surface area contributed by atoms with Gasteiger partial charge in [-0.25, -0.2) is 0 Å². The van der Waals surface area contributed by atoms with Crippen LogP contribution in [0.5, 0.6) is 5.75 Å². The third-order valence-electron chi connectivity index (χ3n) is 4.93. The normalized spacial score (nSPS) is 24.7. The predicted octanol–water partition coefficient (Wildman–Crippen LogP) is 3.82. The van der Waals surface area contributed by atoms with E-state index in [0.717, 1.165) is 17.0 Å². The lowest BCUT2D eigenvalue weighted by Gasteiger charge is -2.39. The van der Waals surface area contributed by atoms with Crippen LogP contribution in [0.15, 0.2) is 53.6 Å². The molecule has 0 aliphatic carbocycles. The number of halogens is 1. The van der Waals surface area contributed by atoms with Gasteiger partial charge in [-0.3, -0.25) is 9.80 Å². The van der Waals surface area contributed by atoms with E-state index in [9.17, 15) is 4.79 Å². The van der Waals surface area contributed by atoms with Gasteiger partial charge in [0.25, 0.3) is 0 Å². The van der Waals surface area contributed by atoms with Gasteiger partial charge >= 0.3 is 0 Å². The van der Waals surface area contributed by atoms with Crippen LogP contribution in [-0.4, -0.2) is 24.1 Å². The summed E-state index contributed by atoms with van der Waals surface area (Å²) in [6.07, 6.45) is 0. The van der Waals surface area contributed by atoms with E-state index in [1.54, 1.807) is 13.0 Å². The Hall–Kier alpha value is -2.33. The Bertz CT molecular complexity index is 850. The summed E-state index contributed by atoms with van der Waals surface area (Å²) in [5.74, 6) is 0.707. The molecule has 0 radical (unpaired) electrons. The molecule has 2 aliphatic heterocycles. The van der Waals surface area contributed by atoms with Gasteiger partial charge in [-0.2, -0.15) is 5.10 Å². The van der Waals surface area contributed by atoms with Crippen molar-refractivity contribution >= 4 is 28.8 Å². The SMILES string of the molecule is CC(=O)C1=NN2c3cc(Cl)ccc3OC[C@H]2[C@@]1(C)c1ccccc1. The number of anilines is 1. The molecule has 0 saturated heterocycles. The first-order valence-electron chi connectivity index (χ1n) is 7.89. The summed E-state index contributed by atoms with van der Waals surface area (Å²) in [6, 6.07) is 15.4. The van der Waals surface area contributed by atoms with E-state index in [-0.39, 0.29) is 11.8 Å². The van der Waals surface area contributed by atoms with Gasteiger partial charge < -0.3 is 4.74 Å². The van der Waals surface area contributed by atoms with Crippen LogP contribution in [0.25, 0.3) is 0 Å². The molecule has 0 spiro atoms. The molecule has 0 amide bonds. The Labute approximate surface area is 145 Å². The van der Waals surface area contributed by atoms with Crippen molar-refractivity contribution in [2.45, 2.75) is 25.3 Å². The molecule has 2 atom stereocenters. The number of rotatable bonds is 2. The molecule has 4 nitrogen and oxygen atoms in total. The van der Waals surface area contributed by atoms with Gasteiger partial charge in [-0.1, -0.05) is 41.9 Å². The lowest BCUT2D eigenvalue weighted by molar-refractivity contribution is -0.111. The summed E-state index contributed by atoms with van der Waals surface area (Å²) in [7, 11) is 0. The molecule has 2 aromatic rings. The average molecular weight is 341 g/mol. The molecule has 24 heavy (non-hydrogen) atoms. The number of ether oxygens (including phenoxy) is 1. The summed E-state index contributed by atoms with van der Waals surface area (Å²) in [5, 5.41) is 7.20. The van der Waals surface area contributed by atoms with Crippen molar-refractivity contribution in [3.8, 4) is 5.75 Å². The van der Waals surface area contributed by atoms with Crippen molar-refractivity contribution in [2.24, 2.45) is 5.10 Å². The van der Waals surface area contributed by atoms with E-state index in [1.807, 2.05) is 47.5 Å². The molecular weight excluding hydrogens is 324 g/mol. The van der Waals surface area contributed by atoms with Crippen LogP contribution < -0.4 is 9.75 Å². The van der Waals surface area contributed by atoms with Gasteiger partial charge in [0.2, 0.25) is 0 Å². The van der Waals surface area contributed by atoms with Crippen molar-refractivity contribution in [3.05, 3.63) is 59.1 Å². The zero-order valence-electron chi connectivity index (χ0n) is 13.5. The third-order valence-corrected chi connectivity index (χ3v) is 5.17. The first-order chi connectivity index (χ1) is 11.5. The van der Waals surface area contributed by atoms with E-state index in [0.29, 0.717) is 17.3 Å². The van der Waals surface area contributed by atoms with Gasteiger partial charge in [-0.15, -0.1) is 0 Å². The molecule has 122 valence electrons. The highest BCUT2D eigenvalue weighted by Crippen LogP contribution is 2.46. The Morgan fingerprint density at radius 2 is 2.04 bits per heavy atom. The molecule has 2 aromatic carbocycles. The van der Waals surface area contributed by atoms with Crippen LogP contribution in [0.4, 0.5) is 5.69 Å². The first kappa shape index (κ1) is 15.2. The number of hydrogen-bond donors (Lipinski definition) is 0. The largest absolute Gasteiger partial charge is 0.489 e. The van der Waals surface area contributed by atoms with E-state index in [1.165, 1.54) is 0 Å². The third kappa shape index (κ3) is 2.06. The number of carbonyl (C=O) groups excluding carboxylic acids is 1. The van der Waals surface area contributed by atoms with Crippen molar-refractivity contribution in [3.63, 3.8) is 0 Å². The Morgan fingerprint density at radius 3 is 2.75 bits per heavy atom. The topological polar surface area (TPSA) is 41.9 Å². The van der Waals surface area contributed by atoms with E-state index >= 15 is 0 Å². The Kier molecular flexibility index (Phi) is 3.39. The fourth-order valence-electron chi connectivity index (χ4n) is 3.65. The molecule has 0 aromatic heterocycles. The van der Waals surface area contributed by atoms with Gasteiger partial charge in [-0.05, 0) is 30.7 Å².